The molecule has 3 rings (SSSR count). The van der Waals surface area contributed by atoms with Gasteiger partial charge >= 0.3 is 0 Å². The summed E-state index contributed by atoms with van der Waals surface area (Å²) in [4.78, 5) is 4.31. The molecule has 0 bridgehead atoms. The molecule has 8 nitrogen and oxygen atoms in total. The van der Waals surface area contributed by atoms with Crippen LogP contribution < -0.4 is 4.74 Å². The van der Waals surface area contributed by atoms with E-state index < -0.39 is 10.2 Å². The maximum Gasteiger partial charge on any atom is 0.281 e. The summed E-state index contributed by atoms with van der Waals surface area (Å²) in [5, 5.41) is 6.73. The number of H-pyrrole nitrogens is 1. The van der Waals surface area contributed by atoms with Crippen molar-refractivity contribution in [2.24, 2.45) is 5.92 Å². The molecule has 0 saturated carbocycles. The SMILES string of the molecule is CN(C)S(=O)(=O)N1CC(COc2ccc(-c3ccn[nH]3)nc2)C1. The van der Waals surface area contributed by atoms with Crippen LogP contribution in [0.3, 0.4) is 0 Å². The molecule has 1 N–H and O–H groups in total. The number of aromatic amines is 1. The highest BCUT2D eigenvalue weighted by molar-refractivity contribution is 7.86. The van der Waals surface area contributed by atoms with E-state index in [1.807, 2.05) is 18.2 Å². The van der Waals surface area contributed by atoms with Gasteiger partial charge in [-0.2, -0.15) is 22.1 Å². The summed E-state index contributed by atoms with van der Waals surface area (Å²) in [6.07, 6.45) is 3.33. The number of pyridine rings is 1. The number of hydrogen-bond donors (Lipinski definition) is 1. The zero-order chi connectivity index (χ0) is 16.4. The second kappa shape index (κ2) is 6.26. The van der Waals surface area contributed by atoms with Crippen LogP contribution in [0.2, 0.25) is 0 Å². The van der Waals surface area contributed by atoms with Crippen molar-refractivity contribution in [3.8, 4) is 17.1 Å². The monoisotopic (exact) mass is 337 g/mol. The van der Waals surface area contributed by atoms with E-state index in [9.17, 15) is 8.42 Å². The lowest BCUT2D eigenvalue weighted by atomic mass is 10.1. The van der Waals surface area contributed by atoms with Crippen molar-refractivity contribution < 1.29 is 13.2 Å². The van der Waals surface area contributed by atoms with E-state index in [4.69, 9.17) is 4.74 Å². The van der Waals surface area contributed by atoms with Gasteiger partial charge in [-0.15, -0.1) is 0 Å². The predicted octanol–water partition coefficient (Wildman–Crippen LogP) is 0.589. The van der Waals surface area contributed by atoms with Crippen LogP contribution >= 0.6 is 0 Å². The number of rotatable bonds is 6. The van der Waals surface area contributed by atoms with Crippen LogP contribution in [0.25, 0.3) is 11.4 Å². The lowest BCUT2D eigenvalue weighted by molar-refractivity contribution is 0.125. The maximum absolute atomic E-state index is 11.9. The molecule has 2 aromatic heterocycles. The molecule has 1 aliphatic heterocycles. The second-order valence-corrected chi connectivity index (χ2v) is 7.78. The Hall–Kier alpha value is -1.97. The van der Waals surface area contributed by atoms with Crippen LogP contribution in [0, 0.1) is 5.92 Å². The fourth-order valence-electron chi connectivity index (χ4n) is 2.28. The Bertz CT molecular complexity index is 737. The van der Waals surface area contributed by atoms with Crippen molar-refractivity contribution >= 4 is 10.2 Å². The highest BCUT2D eigenvalue weighted by atomic mass is 32.2. The average Bonchev–Trinajstić information content (AvgIpc) is 3.00. The molecule has 9 heteroatoms. The minimum atomic E-state index is -3.30. The molecule has 0 radical (unpaired) electrons. The molecule has 23 heavy (non-hydrogen) atoms. The van der Waals surface area contributed by atoms with E-state index in [1.54, 1.807) is 12.4 Å². The summed E-state index contributed by atoms with van der Waals surface area (Å²) in [6.45, 7) is 1.45. The molecule has 0 atom stereocenters. The van der Waals surface area contributed by atoms with E-state index in [1.165, 1.54) is 22.7 Å². The summed E-state index contributed by atoms with van der Waals surface area (Å²) >= 11 is 0. The Balaban J connectivity index is 1.49. The Morgan fingerprint density at radius 3 is 2.70 bits per heavy atom. The van der Waals surface area contributed by atoms with Gasteiger partial charge in [0.15, 0.2) is 0 Å². The van der Waals surface area contributed by atoms with Crippen molar-refractivity contribution in [2.75, 3.05) is 33.8 Å². The van der Waals surface area contributed by atoms with Crippen molar-refractivity contribution in [3.63, 3.8) is 0 Å². The van der Waals surface area contributed by atoms with Crippen LogP contribution in [-0.4, -0.2) is 66.0 Å². The molecule has 1 fully saturated rings. The number of aromatic nitrogens is 3. The normalized spacial score (nSPS) is 16.5. The van der Waals surface area contributed by atoms with Gasteiger partial charge in [-0.1, -0.05) is 0 Å². The quantitative estimate of drug-likeness (QED) is 0.833. The summed E-state index contributed by atoms with van der Waals surface area (Å²) in [5.74, 6) is 0.874. The van der Waals surface area contributed by atoms with E-state index >= 15 is 0 Å². The Morgan fingerprint density at radius 2 is 2.13 bits per heavy atom. The molecule has 0 amide bonds. The summed E-state index contributed by atoms with van der Waals surface area (Å²) in [6, 6.07) is 5.54. The van der Waals surface area contributed by atoms with Crippen molar-refractivity contribution in [2.45, 2.75) is 0 Å². The molecule has 3 heterocycles. The molecule has 0 aromatic carbocycles. The third-order valence-corrected chi connectivity index (χ3v) is 5.58. The summed E-state index contributed by atoms with van der Waals surface area (Å²) in [7, 11) is -0.230. The minimum Gasteiger partial charge on any atom is -0.492 e. The van der Waals surface area contributed by atoms with Gasteiger partial charge in [-0.05, 0) is 18.2 Å². The lowest BCUT2D eigenvalue weighted by Crippen LogP contribution is -2.55. The van der Waals surface area contributed by atoms with Gasteiger partial charge in [0.25, 0.3) is 10.2 Å². The number of nitrogens with zero attached hydrogens (tertiary/aromatic N) is 4. The first-order chi connectivity index (χ1) is 11.0. The highest BCUT2D eigenvalue weighted by Crippen LogP contribution is 2.23. The van der Waals surface area contributed by atoms with Gasteiger partial charge < -0.3 is 4.74 Å². The van der Waals surface area contributed by atoms with E-state index in [2.05, 4.69) is 15.2 Å². The zero-order valence-electron chi connectivity index (χ0n) is 13.0. The van der Waals surface area contributed by atoms with E-state index in [-0.39, 0.29) is 5.92 Å². The molecule has 1 aliphatic rings. The lowest BCUT2D eigenvalue weighted by Gasteiger charge is -2.38. The van der Waals surface area contributed by atoms with Crippen LogP contribution in [0.5, 0.6) is 5.75 Å². The van der Waals surface area contributed by atoms with Crippen molar-refractivity contribution in [1.29, 1.82) is 0 Å². The van der Waals surface area contributed by atoms with Crippen LogP contribution in [0.4, 0.5) is 0 Å². The first-order valence-corrected chi connectivity index (χ1v) is 8.62. The summed E-state index contributed by atoms with van der Waals surface area (Å²) in [5.41, 5.74) is 1.64. The van der Waals surface area contributed by atoms with Gasteiger partial charge in [0.2, 0.25) is 0 Å². The summed E-state index contributed by atoms with van der Waals surface area (Å²) < 4.78 is 32.1. The molecule has 0 aliphatic carbocycles. The van der Waals surface area contributed by atoms with Crippen LogP contribution in [0.15, 0.2) is 30.6 Å². The average molecular weight is 337 g/mol. The third-order valence-electron chi connectivity index (χ3n) is 3.71. The smallest absolute Gasteiger partial charge is 0.281 e. The fourth-order valence-corrected chi connectivity index (χ4v) is 3.55. The van der Waals surface area contributed by atoms with Gasteiger partial charge in [0.05, 0.1) is 24.2 Å². The first-order valence-electron chi connectivity index (χ1n) is 7.23. The second-order valence-electron chi connectivity index (χ2n) is 5.63. The van der Waals surface area contributed by atoms with Crippen molar-refractivity contribution in [1.82, 2.24) is 23.8 Å². The predicted molar refractivity (Wildman–Crippen MR) is 85.0 cm³/mol. The Morgan fingerprint density at radius 1 is 1.35 bits per heavy atom. The third kappa shape index (κ3) is 3.36. The van der Waals surface area contributed by atoms with Crippen molar-refractivity contribution in [3.05, 3.63) is 30.6 Å². The van der Waals surface area contributed by atoms with Gasteiger partial charge in [-0.25, -0.2) is 0 Å². The van der Waals surface area contributed by atoms with Gasteiger partial charge in [0.1, 0.15) is 5.75 Å². The molecule has 0 unspecified atom stereocenters. The fraction of sp³-hybridized carbons (Fsp3) is 0.429. The molecule has 1 saturated heterocycles. The largest absolute Gasteiger partial charge is 0.492 e. The van der Waals surface area contributed by atoms with E-state index in [0.29, 0.717) is 25.4 Å². The van der Waals surface area contributed by atoms with Crippen LogP contribution in [0.1, 0.15) is 0 Å². The highest BCUT2D eigenvalue weighted by Gasteiger charge is 2.37. The van der Waals surface area contributed by atoms with E-state index in [0.717, 1.165) is 11.4 Å². The maximum atomic E-state index is 11.9. The number of ether oxygens (including phenoxy) is 1. The van der Waals surface area contributed by atoms with Gasteiger partial charge in [0, 0.05) is 39.3 Å². The first kappa shape index (κ1) is 15.9. The number of hydrogen-bond acceptors (Lipinski definition) is 5. The molecule has 2 aromatic rings. The zero-order valence-corrected chi connectivity index (χ0v) is 13.8. The number of nitrogens with one attached hydrogen (secondary N) is 1. The topological polar surface area (TPSA) is 91.4 Å². The Labute approximate surface area is 135 Å². The minimum absolute atomic E-state index is 0.206. The molecule has 0 spiro atoms. The molecule has 124 valence electrons. The Kier molecular flexibility index (Phi) is 4.33. The molecular weight excluding hydrogens is 318 g/mol. The molecular formula is C14H19N5O3S. The van der Waals surface area contributed by atoms with Gasteiger partial charge in [-0.3, -0.25) is 10.1 Å². The van der Waals surface area contributed by atoms with Crippen LogP contribution in [-0.2, 0) is 10.2 Å². The standard InChI is InChI=1S/C14H19N5O3S/c1-18(2)23(20,21)19-8-11(9-19)10-22-12-3-4-13(15-7-12)14-5-6-16-17-14/h3-7,11H,8-10H2,1-2H3,(H,16,17).